The lowest BCUT2D eigenvalue weighted by Crippen LogP contribution is -2.12. The smallest absolute Gasteiger partial charge is 0.418 e. The molecule has 1 heterocycles. The van der Waals surface area contributed by atoms with Crippen molar-refractivity contribution < 1.29 is 14.3 Å². The first-order valence-electron chi connectivity index (χ1n) is 6.66. The average Bonchev–Trinajstić information content (AvgIpc) is 2.91. The lowest BCUT2D eigenvalue weighted by atomic mass is 10.2. The van der Waals surface area contributed by atoms with E-state index in [2.05, 4.69) is 15.9 Å². The fraction of sp³-hybridized carbons (Fsp3) is 0.0588. The summed E-state index contributed by atoms with van der Waals surface area (Å²) in [7, 11) is 0. The molecule has 3 rings (SSSR count). The minimum absolute atomic E-state index is 0.184. The maximum atomic E-state index is 12.3. The number of aromatic nitrogens is 1. The van der Waals surface area contributed by atoms with Crippen molar-refractivity contribution in [1.29, 1.82) is 0 Å². The Labute approximate surface area is 135 Å². The van der Waals surface area contributed by atoms with Gasteiger partial charge in [0.2, 0.25) is 0 Å². The van der Waals surface area contributed by atoms with Gasteiger partial charge in [-0.15, -0.1) is 0 Å². The highest BCUT2D eigenvalue weighted by atomic mass is 79.9. The number of carbonyl (C=O) groups is 2. The van der Waals surface area contributed by atoms with Crippen LogP contribution >= 0.6 is 15.9 Å². The summed E-state index contributed by atoms with van der Waals surface area (Å²) < 4.78 is 7.49. The van der Waals surface area contributed by atoms with Gasteiger partial charge in [0.15, 0.2) is 6.29 Å². The molecule has 0 bridgehead atoms. The van der Waals surface area contributed by atoms with Crippen molar-refractivity contribution in [3.63, 3.8) is 0 Å². The van der Waals surface area contributed by atoms with Crippen LogP contribution < -0.4 is 0 Å². The normalized spacial score (nSPS) is 10.6. The summed E-state index contributed by atoms with van der Waals surface area (Å²) in [6, 6.07) is 14.8. The molecular weight excluding hydrogens is 346 g/mol. The Kier molecular flexibility index (Phi) is 4.06. The van der Waals surface area contributed by atoms with Crippen LogP contribution in [0.1, 0.15) is 15.9 Å². The van der Waals surface area contributed by atoms with Crippen LogP contribution in [-0.4, -0.2) is 16.9 Å². The molecule has 0 spiro atoms. The third-order valence-electron chi connectivity index (χ3n) is 3.33. The first-order valence-corrected chi connectivity index (χ1v) is 7.45. The van der Waals surface area contributed by atoms with Crippen LogP contribution in [0.4, 0.5) is 4.79 Å². The van der Waals surface area contributed by atoms with E-state index in [-0.39, 0.29) is 6.61 Å². The van der Waals surface area contributed by atoms with Gasteiger partial charge >= 0.3 is 6.09 Å². The summed E-state index contributed by atoms with van der Waals surface area (Å²) in [5, 5.41) is 0.717. The molecule has 2 aromatic carbocycles. The van der Waals surface area contributed by atoms with Gasteiger partial charge < -0.3 is 4.74 Å². The molecule has 0 N–H and O–H groups in total. The van der Waals surface area contributed by atoms with E-state index in [1.165, 1.54) is 10.8 Å². The van der Waals surface area contributed by atoms with E-state index >= 15 is 0 Å². The topological polar surface area (TPSA) is 48.3 Å². The molecule has 0 saturated carbocycles. The predicted molar refractivity (Wildman–Crippen MR) is 87.1 cm³/mol. The van der Waals surface area contributed by atoms with E-state index in [1.54, 1.807) is 12.1 Å². The van der Waals surface area contributed by atoms with E-state index in [1.807, 2.05) is 36.4 Å². The molecule has 0 aliphatic carbocycles. The second-order valence-corrected chi connectivity index (χ2v) is 5.69. The summed E-state index contributed by atoms with van der Waals surface area (Å²) in [4.78, 5) is 23.4. The average molecular weight is 358 g/mol. The summed E-state index contributed by atoms with van der Waals surface area (Å²) in [6.07, 6.45) is 1.72. The molecule has 22 heavy (non-hydrogen) atoms. The Bertz CT molecular complexity index is 840. The van der Waals surface area contributed by atoms with Crippen LogP contribution in [0.2, 0.25) is 0 Å². The molecule has 1 aromatic heterocycles. The zero-order chi connectivity index (χ0) is 15.5. The monoisotopic (exact) mass is 357 g/mol. The Morgan fingerprint density at radius 1 is 1.18 bits per heavy atom. The van der Waals surface area contributed by atoms with Gasteiger partial charge in [0.05, 0.1) is 5.52 Å². The van der Waals surface area contributed by atoms with Gasteiger partial charge in [0, 0.05) is 21.6 Å². The Morgan fingerprint density at radius 2 is 1.95 bits per heavy atom. The van der Waals surface area contributed by atoms with Gasteiger partial charge in [-0.1, -0.05) is 52.3 Å². The van der Waals surface area contributed by atoms with E-state index in [4.69, 9.17) is 4.74 Å². The standard InChI is InChI=1S/C17H12BrNO3/c18-14-6-7-15-13(10-20)9-19(16(15)8-14)17(21)22-11-12-4-2-1-3-5-12/h1-10H,11H2. The number of ether oxygens (including phenoxy) is 1. The maximum absolute atomic E-state index is 12.3. The molecule has 5 heteroatoms. The van der Waals surface area contributed by atoms with Crippen LogP contribution in [-0.2, 0) is 11.3 Å². The second-order valence-electron chi connectivity index (χ2n) is 4.77. The van der Waals surface area contributed by atoms with Crippen LogP contribution in [0.25, 0.3) is 10.9 Å². The van der Waals surface area contributed by atoms with Crippen LogP contribution in [0.5, 0.6) is 0 Å². The lowest BCUT2D eigenvalue weighted by Gasteiger charge is -2.06. The van der Waals surface area contributed by atoms with Gasteiger partial charge in [-0.05, 0) is 17.7 Å². The van der Waals surface area contributed by atoms with Crippen molar-refractivity contribution in [1.82, 2.24) is 4.57 Å². The fourth-order valence-electron chi connectivity index (χ4n) is 2.26. The first-order chi connectivity index (χ1) is 10.7. The van der Waals surface area contributed by atoms with Gasteiger partial charge in [0.25, 0.3) is 0 Å². The number of hydrogen-bond donors (Lipinski definition) is 0. The highest BCUT2D eigenvalue weighted by molar-refractivity contribution is 9.10. The quantitative estimate of drug-likeness (QED) is 0.652. The van der Waals surface area contributed by atoms with Crippen molar-refractivity contribution in [3.05, 3.63) is 70.3 Å². The highest BCUT2D eigenvalue weighted by Crippen LogP contribution is 2.24. The molecule has 0 aliphatic rings. The zero-order valence-corrected chi connectivity index (χ0v) is 13.1. The molecular formula is C17H12BrNO3. The molecule has 0 unspecified atom stereocenters. The minimum Gasteiger partial charge on any atom is -0.444 e. The Balaban J connectivity index is 1.90. The molecule has 0 aliphatic heterocycles. The number of halogens is 1. The summed E-state index contributed by atoms with van der Waals surface area (Å²) >= 11 is 3.37. The third kappa shape index (κ3) is 2.80. The van der Waals surface area contributed by atoms with E-state index in [0.717, 1.165) is 21.7 Å². The highest BCUT2D eigenvalue weighted by Gasteiger charge is 2.14. The van der Waals surface area contributed by atoms with Gasteiger partial charge in [-0.3, -0.25) is 9.36 Å². The molecule has 0 fully saturated rings. The van der Waals surface area contributed by atoms with Crippen molar-refractivity contribution in [2.45, 2.75) is 6.61 Å². The number of rotatable bonds is 3. The first kappa shape index (κ1) is 14.5. The predicted octanol–water partition coefficient (Wildman–Crippen LogP) is 4.40. The van der Waals surface area contributed by atoms with Crippen molar-refractivity contribution >= 4 is 39.2 Å². The molecule has 0 radical (unpaired) electrons. The molecule has 0 saturated heterocycles. The van der Waals surface area contributed by atoms with Crippen LogP contribution in [0.15, 0.2) is 59.2 Å². The lowest BCUT2D eigenvalue weighted by molar-refractivity contribution is 0.112. The van der Waals surface area contributed by atoms with Crippen LogP contribution in [0.3, 0.4) is 0 Å². The van der Waals surface area contributed by atoms with Crippen molar-refractivity contribution in [2.75, 3.05) is 0 Å². The Hall–Kier alpha value is -2.40. The van der Waals surface area contributed by atoms with Crippen molar-refractivity contribution in [2.24, 2.45) is 0 Å². The molecule has 0 atom stereocenters. The van der Waals surface area contributed by atoms with Gasteiger partial charge in [0.1, 0.15) is 6.61 Å². The number of nitrogens with zero attached hydrogens (tertiary/aromatic N) is 1. The molecule has 110 valence electrons. The van der Waals surface area contributed by atoms with Crippen molar-refractivity contribution in [3.8, 4) is 0 Å². The molecule has 3 aromatic rings. The third-order valence-corrected chi connectivity index (χ3v) is 3.82. The van der Waals surface area contributed by atoms with Crippen LogP contribution in [0, 0.1) is 0 Å². The van der Waals surface area contributed by atoms with Gasteiger partial charge in [-0.2, -0.15) is 0 Å². The molecule has 0 amide bonds. The second kappa shape index (κ2) is 6.15. The summed E-state index contributed by atoms with van der Waals surface area (Å²) in [5.41, 5.74) is 2.00. The number of aldehydes is 1. The minimum atomic E-state index is -0.514. The Morgan fingerprint density at radius 3 is 2.68 bits per heavy atom. The largest absolute Gasteiger partial charge is 0.444 e. The summed E-state index contributed by atoms with van der Waals surface area (Å²) in [5.74, 6) is 0. The number of carbonyl (C=O) groups excluding carboxylic acids is 2. The van der Waals surface area contributed by atoms with E-state index in [0.29, 0.717) is 11.1 Å². The number of fused-ring (bicyclic) bond motifs is 1. The van der Waals surface area contributed by atoms with E-state index in [9.17, 15) is 9.59 Å². The fourth-order valence-corrected chi connectivity index (χ4v) is 2.61. The van der Waals surface area contributed by atoms with E-state index < -0.39 is 6.09 Å². The summed E-state index contributed by atoms with van der Waals surface area (Å²) in [6.45, 7) is 0.184. The van der Waals surface area contributed by atoms with Gasteiger partial charge in [-0.25, -0.2) is 4.79 Å². The SMILES string of the molecule is O=Cc1cn(C(=O)OCc2ccccc2)c2cc(Br)ccc12. The zero-order valence-electron chi connectivity index (χ0n) is 11.5. The maximum Gasteiger partial charge on any atom is 0.418 e. The molecule has 4 nitrogen and oxygen atoms in total. The number of hydrogen-bond acceptors (Lipinski definition) is 3. The number of benzene rings is 2.